The normalized spacial score (nSPS) is 14.8. The van der Waals surface area contributed by atoms with Gasteiger partial charge in [-0.3, -0.25) is 19.3 Å². The number of likely N-dealkylation sites (tertiary alicyclic amines) is 1. The van der Waals surface area contributed by atoms with Gasteiger partial charge in [0, 0.05) is 36.9 Å². The monoisotopic (exact) mass is 412 g/mol. The predicted molar refractivity (Wildman–Crippen MR) is 113 cm³/mol. The Hall–Kier alpha value is -3.13. The molecule has 0 atom stereocenters. The van der Waals surface area contributed by atoms with E-state index in [0.717, 1.165) is 32.4 Å². The zero-order valence-corrected chi connectivity index (χ0v) is 17.1. The Morgan fingerprint density at radius 2 is 1.80 bits per heavy atom. The molecule has 160 valence electrons. The highest BCUT2D eigenvalue weighted by Gasteiger charge is 2.22. The van der Waals surface area contributed by atoms with E-state index in [1.165, 1.54) is 6.26 Å². The molecule has 8 nitrogen and oxygen atoms in total. The van der Waals surface area contributed by atoms with Crippen molar-refractivity contribution in [1.82, 2.24) is 15.5 Å². The maximum absolute atomic E-state index is 12.5. The first-order valence-corrected chi connectivity index (χ1v) is 10.3. The second kappa shape index (κ2) is 10.6. The average molecular weight is 412 g/mol. The quantitative estimate of drug-likeness (QED) is 0.617. The fraction of sp³-hybridized carbons (Fsp3) is 0.409. The zero-order valence-electron chi connectivity index (χ0n) is 17.1. The molecule has 0 saturated carbocycles. The molecule has 1 aromatic heterocycles. The first-order valence-electron chi connectivity index (χ1n) is 10.3. The van der Waals surface area contributed by atoms with Crippen LogP contribution in [0.1, 0.15) is 47.1 Å². The third kappa shape index (κ3) is 6.18. The van der Waals surface area contributed by atoms with E-state index in [2.05, 4.69) is 20.9 Å². The Labute approximate surface area is 176 Å². The Morgan fingerprint density at radius 3 is 2.43 bits per heavy atom. The molecule has 1 aliphatic heterocycles. The van der Waals surface area contributed by atoms with Gasteiger partial charge in [0.05, 0.1) is 12.8 Å². The number of furan rings is 1. The van der Waals surface area contributed by atoms with Crippen molar-refractivity contribution in [2.45, 2.75) is 32.2 Å². The average Bonchev–Trinajstić information content (AvgIpc) is 3.29. The number of anilines is 1. The number of piperidine rings is 1. The summed E-state index contributed by atoms with van der Waals surface area (Å²) in [7, 11) is 0. The summed E-state index contributed by atoms with van der Waals surface area (Å²) in [6.45, 7) is 4.70. The summed E-state index contributed by atoms with van der Waals surface area (Å²) < 4.78 is 5.06. The molecule has 2 aromatic rings. The SMILES string of the molecule is CCCNC(=O)CN1CCC(NC(=O)c2ccc(NC(=O)c3ccco3)cc2)CC1. The number of nitrogens with one attached hydrogen (secondary N) is 3. The minimum Gasteiger partial charge on any atom is -0.459 e. The lowest BCUT2D eigenvalue weighted by Crippen LogP contribution is -2.47. The van der Waals surface area contributed by atoms with Crippen LogP contribution in [0.2, 0.25) is 0 Å². The van der Waals surface area contributed by atoms with Crippen LogP contribution in [0.3, 0.4) is 0 Å². The van der Waals surface area contributed by atoms with E-state index < -0.39 is 0 Å². The van der Waals surface area contributed by atoms with Gasteiger partial charge in [-0.1, -0.05) is 6.92 Å². The van der Waals surface area contributed by atoms with Gasteiger partial charge in [0.15, 0.2) is 5.76 Å². The summed E-state index contributed by atoms with van der Waals surface area (Å²) in [5, 5.41) is 8.67. The lowest BCUT2D eigenvalue weighted by atomic mass is 10.0. The minimum atomic E-state index is -0.340. The number of amides is 3. The molecular weight excluding hydrogens is 384 g/mol. The Bertz CT molecular complexity index is 841. The summed E-state index contributed by atoms with van der Waals surface area (Å²) in [5.41, 5.74) is 1.12. The fourth-order valence-corrected chi connectivity index (χ4v) is 3.33. The van der Waals surface area contributed by atoms with Gasteiger partial charge in [-0.05, 0) is 55.7 Å². The van der Waals surface area contributed by atoms with E-state index >= 15 is 0 Å². The van der Waals surface area contributed by atoms with Gasteiger partial charge in [0.25, 0.3) is 11.8 Å². The maximum atomic E-state index is 12.5. The third-order valence-corrected chi connectivity index (χ3v) is 5.01. The molecule has 0 spiro atoms. The largest absolute Gasteiger partial charge is 0.459 e. The maximum Gasteiger partial charge on any atom is 0.291 e. The Kier molecular flexibility index (Phi) is 7.62. The third-order valence-electron chi connectivity index (χ3n) is 5.01. The van der Waals surface area contributed by atoms with E-state index in [4.69, 9.17) is 4.42 Å². The number of carbonyl (C=O) groups is 3. The van der Waals surface area contributed by atoms with Crippen molar-refractivity contribution in [3.8, 4) is 0 Å². The number of benzene rings is 1. The van der Waals surface area contributed by atoms with Gasteiger partial charge in [-0.25, -0.2) is 0 Å². The second-order valence-corrected chi connectivity index (χ2v) is 7.38. The second-order valence-electron chi connectivity index (χ2n) is 7.38. The molecule has 1 aromatic carbocycles. The highest BCUT2D eigenvalue weighted by Crippen LogP contribution is 2.14. The molecule has 0 unspecified atom stereocenters. The molecule has 8 heteroatoms. The van der Waals surface area contributed by atoms with Crippen molar-refractivity contribution in [1.29, 1.82) is 0 Å². The predicted octanol–water partition coefficient (Wildman–Crippen LogP) is 2.25. The molecule has 30 heavy (non-hydrogen) atoms. The molecule has 3 N–H and O–H groups in total. The van der Waals surface area contributed by atoms with Crippen molar-refractivity contribution in [2.75, 3.05) is 31.5 Å². The lowest BCUT2D eigenvalue weighted by Gasteiger charge is -2.31. The van der Waals surface area contributed by atoms with Crippen LogP contribution in [0.25, 0.3) is 0 Å². The van der Waals surface area contributed by atoms with Crippen LogP contribution in [0.15, 0.2) is 47.1 Å². The minimum absolute atomic E-state index is 0.0542. The number of hydrogen-bond acceptors (Lipinski definition) is 5. The molecule has 1 saturated heterocycles. The number of nitrogens with zero attached hydrogens (tertiary/aromatic N) is 1. The molecule has 1 fully saturated rings. The van der Waals surface area contributed by atoms with E-state index in [9.17, 15) is 14.4 Å². The van der Waals surface area contributed by atoms with Crippen molar-refractivity contribution in [3.05, 3.63) is 54.0 Å². The van der Waals surface area contributed by atoms with Crippen LogP contribution >= 0.6 is 0 Å². The van der Waals surface area contributed by atoms with Crippen molar-refractivity contribution < 1.29 is 18.8 Å². The molecule has 2 heterocycles. The topological polar surface area (TPSA) is 104 Å². The van der Waals surface area contributed by atoms with Gasteiger partial charge in [0.1, 0.15) is 0 Å². The zero-order chi connectivity index (χ0) is 21.3. The smallest absolute Gasteiger partial charge is 0.291 e. The number of hydrogen-bond donors (Lipinski definition) is 3. The fourth-order valence-electron chi connectivity index (χ4n) is 3.33. The summed E-state index contributed by atoms with van der Waals surface area (Å²) in [5.74, 6) is -0.199. The molecule has 0 radical (unpaired) electrons. The van der Waals surface area contributed by atoms with Crippen molar-refractivity contribution in [3.63, 3.8) is 0 Å². The van der Waals surface area contributed by atoms with Gasteiger partial charge in [0.2, 0.25) is 5.91 Å². The van der Waals surface area contributed by atoms with Crippen LogP contribution in [0, 0.1) is 0 Å². The van der Waals surface area contributed by atoms with Gasteiger partial charge in [-0.15, -0.1) is 0 Å². The molecule has 3 rings (SSSR count). The van der Waals surface area contributed by atoms with Crippen LogP contribution in [0.5, 0.6) is 0 Å². The summed E-state index contributed by atoms with van der Waals surface area (Å²) in [6, 6.07) is 10.1. The van der Waals surface area contributed by atoms with E-state index in [0.29, 0.717) is 24.3 Å². The van der Waals surface area contributed by atoms with Crippen LogP contribution in [-0.4, -0.2) is 54.8 Å². The molecule has 3 amide bonds. The molecular formula is C22H28N4O4. The first kappa shape index (κ1) is 21.6. The molecule has 0 bridgehead atoms. The molecule has 1 aliphatic rings. The van der Waals surface area contributed by atoms with Crippen LogP contribution in [0.4, 0.5) is 5.69 Å². The van der Waals surface area contributed by atoms with Crippen LogP contribution in [-0.2, 0) is 4.79 Å². The van der Waals surface area contributed by atoms with Crippen LogP contribution < -0.4 is 16.0 Å². The van der Waals surface area contributed by atoms with Crippen molar-refractivity contribution in [2.24, 2.45) is 0 Å². The van der Waals surface area contributed by atoms with E-state index in [1.807, 2.05) is 6.92 Å². The summed E-state index contributed by atoms with van der Waals surface area (Å²) in [4.78, 5) is 38.4. The molecule has 0 aliphatic carbocycles. The number of carbonyl (C=O) groups excluding carboxylic acids is 3. The number of rotatable bonds is 8. The standard InChI is InChI=1S/C22H28N4O4/c1-2-11-23-20(27)15-26-12-9-18(10-13-26)24-21(28)16-5-7-17(8-6-16)25-22(29)19-4-3-14-30-19/h3-8,14,18H,2,9-13,15H2,1H3,(H,23,27)(H,24,28)(H,25,29). The Balaban J connectivity index is 1.43. The Morgan fingerprint density at radius 1 is 1.07 bits per heavy atom. The highest BCUT2D eigenvalue weighted by molar-refractivity contribution is 6.02. The van der Waals surface area contributed by atoms with E-state index in [1.54, 1.807) is 36.4 Å². The van der Waals surface area contributed by atoms with Gasteiger partial charge in [-0.2, -0.15) is 0 Å². The van der Waals surface area contributed by atoms with Gasteiger partial charge >= 0.3 is 0 Å². The highest BCUT2D eigenvalue weighted by atomic mass is 16.3. The lowest BCUT2D eigenvalue weighted by molar-refractivity contribution is -0.122. The van der Waals surface area contributed by atoms with Crippen molar-refractivity contribution >= 4 is 23.4 Å². The summed E-state index contributed by atoms with van der Waals surface area (Å²) >= 11 is 0. The van der Waals surface area contributed by atoms with E-state index in [-0.39, 0.29) is 29.5 Å². The first-order chi connectivity index (χ1) is 14.5. The summed E-state index contributed by atoms with van der Waals surface area (Å²) in [6.07, 6.45) is 3.99. The van der Waals surface area contributed by atoms with Gasteiger partial charge < -0.3 is 20.4 Å².